The maximum absolute atomic E-state index is 11.4. The van der Waals surface area contributed by atoms with Gasteiger partial charge in [0.1, 0.15) is 0 Å². The van der Waals surface area contributed by atoms with E-state index >= 15 is 0 Å². The number of carboxylic acid groups (broad SMARTS) is 1. The Morgan fingerprint density at radius 3 is 2.93 bits per heavy atom. The Kier molecular flexibility index (Phi) is 2.68. The van der Waals surface area contributed by atoms with E-state index in [-0.39, 0.29) is 11.8 Å². The van der Waals surface area contributed by atoms with Crippen molar-refractivity contribution in [3.05, 3.63) is 16.6 Å². The van der Waals surface area contributed by atoms with Gasteiger partial charge in [0.2, 0.25) is 5.91 Å². The van der Waals surface area contributed by atoms with Crippen LogP contribution < -0.4 is 5.32 Å². The maximum atomic E-state index is 11.4. The van der Waals surface area contributed by atoms with E-state index in [1.807, 2.05) is 5.38 Å². The summed E-state index contributed by atoms with van der Waals surface area (Å²) in [5, 5.41) is 13.2. The molecular formula is C9H10N2O3S. The number of hydrogen-bond acceptors (Lipinski definition) is 4. The zero-order chi connectivity index (χ0) is 10.8. The molecule has 1 fully saturated rings. The van der Waals surface area contributed by atoms with E-state index in [0.29, 0.717) is 13.0 Å². The molecule has 2 N–H and O–H groups in total. The van der Waals surface area contributed by atoms with Gasteiger partial charge in [-0.2, -0.15) is 0 Å². The normalized spacial score (nSPS) is 23.5. The number of hydrogen-bond donors (Lipinski definition) is 2. The molecule has 0 aromatic carbocycles. The Hall–Kier alpha value is -1.43. The van der Waals surface area contributed by atoms with Crippen molar-refractivity contribution in [3.8, 4) is 0 Å². The molecule has 1 aliphatic rings. The highest BCUT2D eigenvalue weighted by Gasteiger charge is 2.48. The average molecular weight is 226 g/mol. The van der Waals surface area contributed by atoms with Crippen molar-refractivity contribution in [2.24, 2.45) is 11.8 Å². The van der Waals surface area contributed by atoms with Crippen LogP contribution in [-0.4, -0.2) is 22.0 Å². The van der Waals surface area contributed by atoms with Crippen molar-refractivity contribution in [3.63, 3.8) is 0 Å². The molecule has 0 spiro atoms. The number of nitrogens with one attached hydrogen (secondary N) is 1. The summed E-state index contributed by atoms with van der Waals surface area (Å²) in [6.45, 7) is 0.380. The maximum Gasteiger partial charge on any atom is 0.307 e. The first kappa shape index (κ1) is 10.1. The molecule has 1 aromatic rings. The van der Waals surface area contributed by atoms with Crippen molar-refractivity contribution in [1.82, 2.24) is 10.3 Å². The Morgan fingerprint density at radius 2 is 2.40 bits per heavy atom. The van der Waals surface area contributed by atoms with E-state index in [9.17, 15) is 9.59 Å². The van der Waals surface area contributed by atoms with Crippen molar-refractivity contribution in [2.75, 3.05) is 0 Å². The minimum absolute atomic E-state index is 0.185. The monoisotopic (exact) mass is 226 g/mol. The van der Waals surface area contributed by atoms with Crippen molar-refractivity contribution >= 4 is 23.2 Å². The first-order chi connectivity index (χ1) is 7.18. The van der Waals surface area contributed by atoms with Gasteiger partial charge >= 0.3 is 5.97 Å². The van der Waals surface area contributed by atoms with Crippen molar-refractivity contribution in [1.29, 1.82) is 0 Å². The molecule has 1 saturated carbocycles. The SMILES string of the molecule is O=C(O)[C@H]1C[C@H]1C(=O)NCc1cscn1. The number of rotatable bonds is 4. The number of carboxylic acids is 1. The lowest BCUT2D eigenvalue weighted by molar-refractivity contribution is -0.140. The van der Waals surface area contributed by atoms with Crippen LogP contribution in [0.1, 0.15) is 12.1 Å². The van der Waals surface area contributed by atoms with Gasteiger partial charge in [-0.3, -0.25) is 9.59 Å². The predicted molar refractivity (Wildman–Crippen MR) is 53.2 cm³/mol. The molecule has 80 valence electrons. The summed E-state index contributed by atoms with van der Waals surface area (Å²) in [6, 6.07) is 0. The molecule has 15 heavy (non-hydrogen) atoms. The van der Waals surface area contributed by atoms with Gasteiger partial charge in [-0.15, -0.1) is 11.3 Å². The third kappa shape index (κ3) is 2.33. The summed E-state index contributed by atoms with van der Waals surface area (Å²) in [6.07, 6.45) is 0.457. The molecule has 6 heteroatoms. The number of nitrogens with zero attached hydrogens (tertiary/aromatic N) is 1. The molecule has 0 aliphatic heterocycles. The highest BCUT2D eigenvalue weighted by atomic mass is 32.1. The van der Waals surface area contributed by atoms with Crippen LogP contribution in [-0.2, 0) is 16.1 Å². The van der Waals surface area contributed by atoms with Gasteiger partial charge in [0, 0.05) is 5.38 Å². The lowest BCUT2D eigenvalue weighted by atomic mass is 10.3. The van der Waals surface area contributed by atoms with Gasteiger partial charge < -0.3 is 10.4 Å². The molecular weight excluding hydrogens is 216 g/mol. The molecule has 0 bridgehead atoms. The van der Waals surface area contributed by atoms with Gasteiger partial charge in [0.25, 0.3) is 0 Å². The Bertz CT molecular complexity index is 377. The van der Waals surface area contributed by atoms with Crippen LogP contribution in [0.5, 0.6) is 0 Å². The third-order valence-corrected chi connectivity index (χ3v) is 3.01. The summed E-state index contributed by atoms with van der Waals surface area (Å²) >= 11 is 1.46. The van der Waals surface area contributed by atoms with Gasteiger partial charge in [0.05, 0.1) is 29.6 Å². The fraction of sp³-hybridized carbons (Fsp3) is 0.444. The number of carbonyl (C=O) groups excluding carboxylic acids is 1. The zero-order valence-corrected chi connectivity index (χ0v) is 8.66. The molecule has 5 nitrogen and oxygen atoms in total. The van der Waals surface area contributed by atoms with Gasteiger partial charge in [-0.1, -0.05) is 0 Å². The highest BCUT2D eigenvalue weighted by Crippen LogP contribution is 2.38. The van der Waals surface area contributed by atoms with Crippen LogP contribution >= 0.6 is 11.3 Å². The second-order valence-corrected chi connectivity index (χ2v) is 4.20. The number of aromatic nitrogens is 1. The minimum atomic E-state index is -0.885. The summed E-state index contributed by atoms with van der Waals surface area (Å²) in [7, 11) is 0. The van der Waals surface area contributed by atoms with Crippen molar-refractivity contribution < 1.29 is 14.7 Å². The number of amides is 1. The van der Waals surface area contributed by atoms with Crippen LogP contribution in [0, 0.1) is 11.8 Å². The quantitative estimate of drug-likeness (QED) is 0.782. The fourth-order valence-electron chi connectivity index (χ4n) is 1.39. The van der Waals surface area contributed by atoms with Crippen LogP contribution in [0.4, 0.5) is 0 Å². The first-order valence-electron chi connectivity index (χ1n) is 4.56. The van der Waals surface area contributed by atoms with Gasteiger partial charge in [-0.05, 0) is 6.42 Å². The summed E-state index contributed by atoms with van der Waals surface area (Å²) in [5.74, 6) is -1.90. The second-order valence-electron chi connectivity index (χ2n) is 3.48. The Balaban J connectivity index is 1.77. The van der Waals surface area contributed by atoms with E-state index in [0.717, 1.165) is 5.69 Å². The average Bonchev–Trinajstić information content (AvgIpc) is 2.85. The molecule has 0 radical (unpaired) electrons. The molecule has 1 aromatic heterocycles. The lowest BCUT2D eigenvalue weighted by Crippen LogP contribution is -2.26. The number of aliphatic carboxylic acids is 1. The minimum Gasteiger partial charge on any atom is -0.481 e. The summed E-state index contributed by atoms with van der Waals surface area (Å²) < 4.78 is 0. The van der Waals surface area contributed by atoms with Crippen LogP contribution in [0.2, 0.25) is 0 Å². The van der Waals surface area contributed by atoms with Gasteiger partial charge in [-0.25, -0.2) is 4.98 Å². The molecule has 0 unspecified atom stereocenters. The number of carbonyl (C=O) groups is 2. The van der Waals surface area contributed by atoms with E-state index < -0.39 is 11.9 Å². The topological polar surface area (TPSA) is 79.3 Å². The second kappa shape index (κ2) is 3.98. The largest absolute Gasteiger partial charge is 0.481 e. The lowest BCUT2D eigenvalue weighted by Gasteiger charge is -2.00. The first-order valence-corrected chi connectivity index (χ1v) is 5.50. The summed E-state index contributed by atoms with van der Waals surface area (Å²) in [5.41, 5.74) is 2.50. The standard InChI is InChI=1S/C9H10N2O3S/c12-8(6-1-7(6)9(13)14)10-2-5-3-15-4-11-5/h3-4,6-7H,1-2H2,(H,10,12)(H,13,14)/t6-,7+/m1/s1. The van der Waals surface area contributed by atoms with Gasteiger partial charge in [0.15, 0.2) is 0 Å². The highest BCUT2D eigenvalue weighted by molar-refractivity contribution is 7.07. The summed E-state index contributed by atoms with van der Waals surface area (Å²) in [4.78, 5) is 25.9. The smallest absolute Gasteiger partial charge is 0.307 e. The van der Waals surface area contributed by atoms with E-state index in [2.05, 4.69) is 10.3 Å². The van der Waals surface area contributed by atoms with E-state index in [1.165, 1.54) is 11.3 Å². The molecule has 1 aliphatic carbocycles. The Morgan fingerprint density at radius 1 is 1.60 bits per heavy atom. The van der Waals surface area contributed by atoms with Crippen LogP contribution in [0.25, 0.3) is 0 Å². The molecule has 2 rings (SSSR count). The fourth-order valence-corrected chi connectivity index (χ4v) is 1.95. The van der Waals surface area contributed by atoms with E-state index in [4.69, 9.17) is 5.11 Å². The third-order valence-electron chi connectivity index (χ3n) is 2.37. The molecule has 1 heterocycles. The number of thiazole rings is 1. The Labute approximate surface area is 90.1 Å². The van der Waals surface area contributed by atoms with E-state index in [1.54, 1.807) is 5.51 Å². The van der Waals surface area contributed by atoms with Crippen LogP contribution in [0.3, 0.4) is 0 Å². The molecule has 1 amide bonds. The molecule has 0 saturated heterocycles. The van der Waals surface area contributed by atoms with Crippen LogP contribution in [0.15, 0.2) is 10.9 Å². The molecule has 2 atom stereocenters. The zero-order valence-electron chi connectivity index (χ0n) is 7.84. The predicted octanol–water partition coefficient (Wildman–Crippen LogP) is 0.480. The van der Waals surface area contributed by atoms with Crippen molar-refractivity contribution in [2.45, 2.75) is 13.0 Å².